The first-order valence-corrected chi connectivity index (χ1v) is 8.89. The van der Waals surface area contributed by atoms with Gasteiger partial charge in [0.1, 0.15) is 11.4 Å². The number of rotatable bonds is 1. The number of methoxy groups -OCH3 is 1. The molecule has 0 bridgehead atoms. The third kappa shape index (κ3) is 1.93. The second-order valence-corrected chi connectivity index (χ2v) is 7.98. The molecule has 0 heterocycles. The van der Waals surface area contributed by atoms with Crippen LogP contribution in [0.3, 0.4) is 0 Å². The average Bonchev–Trinajstić information content (AvgIpc) is 2.86. The zero-order valence-corrected chi connectivity index (χ0v) is 14.1. The topological polar surface area (TPSA) is 29.5 Å². The van der Waals surface area contributed by atoms with Gasteiger partial charge < -0.3 is 9.84 Å². The summed E-state index contributed by atoms with van der Waals surface area (Å²) < 4.78 is 5.39. The molecule has 0 aromatic heterocycles. The van der Waals surface area contributed by atoms with Crippen LogP contribution in [0.15, 0.2) is 18.2 Å². The average molecular weight is 310 g/mol. The molecule has 4 rings (SSSR count). The van der Waals surface area contributed by atoms with E-state index in [-0.39, 0.29) is 5.41 Å². The van der Waals surface area contributed by atoms with Crippen LogP contribution in [0.2, 0.25) is 0 Å². The van der Waals surface area contributed by atoms with Crippen LogP contribution in [0, 0.1) is 29.6 Å². The van der Waals surface area contributed by atoms with Crippen LogP contribution in [0.5, 0.6) is 5.75 Å². The van der Waals surface area contributed by atoms with E-state index < -0.39 is 5.60 Å². The van der Waals surface area contributed by atoms with E-state index in [2.05, 4.69) is 31.0 Å². The molecule has 2 saturated carbocycles. The van der Waals surface area contributed by atoms with Gasteiger partial charge in [-0.2, -0.15) is 0 Å². The second kappa shape index (κ2) is 5.02. The van der Waals surface area contributed by atoms with Gasteiger partial charge >= 0.3 is 0 Å². The van der Waals surface area contributed by atoms with E-state index in [1.807, 2.05) is 0 Å². The summed E-state index contributed by atoms with van der Waals surface area (Å²) in [6.45, 7) is 2.24. The highest BCUT2D eigenvalue weighted by atomic mass is 16.5. The maximum absolute atomic E-state index is 11.0. The fourth-order valence-corrected chi connectivity index (χ4v) is 5.94. The predicted molar refractivity (Wildman–Crippen MR) is 91.4 cm³/mol. The van der Waals surface area contributed by atoms with Crippen molar-refractivity contribution in [1.29, 1.82) is 0 Å². The Morgan fingerprint density at radius 2 is 2.09 bits per heavy atom. The molecule has 23 heavy (non-hydrogen) atoms. The van der Waals surface area contributed by atoms with Crippen molar-refractivity contribution in [3.63, 3.8) is 0 Å². The Hall–Kier alpha value is -1.46. The third-order valence-corrected chi connectivity index (χ3v) is 7.32. The van der Waals surface area contributed by atoms with Gasteiger partial charge in [0.2, 0.25) is 0 Å². The Morgan fingerprint density at radius 1 is 1.26 bits per heavy atom. The number of aliphatic hydroxyl groups is 1. The molecule has 2 fully saturated rings. The number of aryl methyl sites for hydroxylation is 1. The van der Waals surface area contributed by atoms with Crippen molar-refractivity contribution < 1.29 is 9.84 Å². The summed E-state index contributed by atoms with van der Waals surface area (Å²) in [6, 6.07) is 6.59. The Balaban J connectivity index is 1.70. The van der Waals surface area contributed by atoms with Gasteiger partial charge in [-0.25, -0.2) is 0 Å². The standard InChI is InChI=1S/C21H26O2/c1-4-21(22)12-10-19-18-7-5-14-13-15(23-3)6-8-16(14)17(18)9-11-20(19,21)2/h1,6,8,13,17-19,22H,5,7,9-12H2,2-3H3/t17-,18-,19-,20+,21-/m0/s1. The van der Waals surface area contributed by atoms with Gasteiger partial charge in [-0.05, 0) is 79.5 Å². The number of fused-ring (bicyclic) bond motifs is 5. The smallest absolute Gasteiger partial charge is 0.130 e. The van der Waals surface area contributed by atoms with Gasteiger partial charge in [0, 0.05) is 5.41 Å². The van der Waals surface area contributed by atoms with E-state index in [1.54, 1.807) is 7.11 Å². The lowest BCUT2D eigenvalue weighted by Crippen LogP contribution is -2.50. The van der Waals surface area contributed by atoms with E-state index in [1.165, 1.54) is 17.5 Å². The van der Waals surface area contributed by atoms with Gasteiger partial charge in [0.25, 0.3) is 0 Å². The number of hydrogen-bond donors (Lipinski definition) is 1. The fourth-order valence-electron chi connectivity index (χ4n) is 5.94. The number of hydrogen-bond acceptors (Lipinski definition) is 2. The SMILES string of the molecule is C#C[C@]1(O)CC[C@H]2[C@H]3CCc4cc(OC)ccc4[C@@H]3CC[C@]21C. The monoisotopic (exact) mass is 310 g/mol. The van der Waals surface area contributed by atoms with Crippen molar-refractivity contribution >= 4 is 0 Å². The van der Waals surface area contributed by atoms with Crippen molar-refractivity contribution in [1.82, 2.24) is 0 Å². The normalized spacial score (nSPS) is 41.4. The molecule has 0 aliphatic heterocycles. The van der Waals surface area contributed by atoms with Crippen molar-refractivity contribution in [2.24, 2.45) is 17.3 Å². The minimum atomic E-state index is -0.900. The molecule has 0 unspecified atom stereocenters. The molecule has 122 valence electrons. The highest BCUT2D eigenvalue weighted by Gasteiger charge is 2.61. The summed E-state index contributed by atoms with van der Waals surface area (Å²) in [4.78, 5) is 0. The van der Waals surface area contributed by atoms with Crippen molar-refractivity contribution in [3.8, 4) is 18.1 Å². The molecule has 0 spiro atoms. The fraction of sp³-hybridized carbons (Fsp3) is 0.619. The van der Waals surface area contributed by atoms with E-state index in [0.29, 0.717) is 17.8 Å². The van der Waals surface area contributed by atoms with E-state index >= 15 is 0 Å². The number of benzene rings is 1. The molecule has 5 atom stereocenters. The highest BCUT2D eigenvalue weighted by molar-refractivity contribution is 5.41. The predicted octanol–water partition coefficient (Wildman–Crippen LogP) is 3.92. The molecule has 2 heteroatoms. The van der Waals surface area contributed by atoms with Crippen LogP contribution in [-0.2, 0) is 6.42 Å². The Labute approximate surface area is 139 Å². The first kappa shape index (κ1) is 15.1. The molecule has 3 aliphatic rings. The molecule has 0 saturated heterocycles. The Bertz CT molecular complexity index is 673. The molecule has 1 aromatic rings. The van der Waals surface area contributed by atoms with Gasteiger partial charge in [-0.3, -0.25) is 0 Å². The third-order valence-electron chi connectivity index (χ3n) is 7.32. The van der Waals surface area contributed by atoms with Crippen LogP contribution in [0.4, 0.5) is 0 Å². The van der Waals surface area contributed by atoms with Gasteiger partial charge in [0.05, 0.1) is 7.11 Å². The van der Waals surface area contributed by atoms with Crippen molar-refractivity contribution in [2.45, 2.75) is 57.0 Å². The van der Waals surface area contributed by atoms with Crippen LogP contribution >= 0.6 is 0 Å². The molecule has 0 radical (unpaired) electrons. The lowest BCUT2D eigenvalue weighted by Gasteiger charge is -2.52. The minimum absolute atomic E-state index is 0.104. The Kier molecular flexibility index (Phi) is 3.29. The molecule has 2 nitrogen and oxygen atoms in total. The summed E-state index contributed by atoms with van der Waals surface area (Å²) in [5.41, 5.74) is 1.97. The molecule has 0 amide bonds. The summed E-state index contributed by atoms with van der Waals surface area (Å²) in [6.07, 6.45) is 12.1. The maximum atomic E-state index is 11.0. The first-order chi connectivity index (χ1) is 11.0. The minimum Gasteiger partial charge on any atom is -0.497 e. The largest absolute Gasteiger partial charge is 0.497 e. The second-order valence-electron chi connectivity index (χ2n) is 7.98. The van der Waals surface area contributed by atoms with Crippen LogP contribution in [0.25, 0.3) is 0 Å². The van der Waals surface area contributed by atoms with E-state index in [0.717, 1.165) is 37.9 Å². The van der Waals surface area contributed by atoms with E-state index in [4.69, 9.17) is 11.2 Å². The summed E-state index contributed by atoms with van der Waals surface area (Å²) in [5.74, 6) is 5.56. The molecular weight excluding hydrogens is 284 g/mol. The first-order valence-electron chi connectivity index (χ1n) is 8.89. The molecular formula is C21H26O2. The molecule has 1 N–H and O–H groups in total. The summed E-state index contributed by atoms with van der Waals surface area (Å²) in [5, 5.41) is 11.0. The van der Waals surface area contributed by atoms with Crippen LogP contribution < -0.4 is 4.74 Å². The van der Waals surface area contributed by atoms with Gasteiger partial charge in [-0.1, -0.05) is 18.9 Å². The molecule has 1 aromatic carbocycles. The van der Waals surface area contributed by atoms with Gasteiger partial charge in [-0.15, -0.1) is 6.42 Å². The lowest BCUT2D eigenvalue weighted by atomic mass is 9.53. The van der Waals surface area contributed by atoms with Crippen LogP contribution in [-0.4, -0.2) is 17.8 Å². The number of ether oxygens (including phenoxy) is 1. The maximum Gasteiger partial charge on any atom is 0.130 e. The zero-order valence-electron chi connectivity index (χ0n) is 14.1. The Morgan fingerprint density at radius 3 is 2.83 bits per heavy atom. The number of terminal acetylenes is 1. The quantitative estimate of drug-likeness (QED) is 0.797. The highest BCUT2D eigenvalue weighted by Crippen LogP contribution is 2.64. The van der Waals surface area contributed by atoms with Crippen molar-refractivity contribution in [3.05, 3.63) is 29.3 Å². The van der Waals surface area contributed by atoms with E-state index in [9.17, 15) is 5.11 Å². The molecule has 3 aliphatic carbocycles. The summed E-state index contributed by atoms with van der Waals surface area (Å²) in [7, 11) is 1.73. The van der Waals surface area contributed by atoms with Crippen LogP contribution in [0.1, 0.15) is 56.1 Å². The van der Waals surface area contributed by atoms with Crippen molar-refractivity contribution in [2.75, 3.05) is 7.11 Å². The zero-order chi connectivity index (χ0) is 16.2. The summed E-state index contributed by atoms with van der Waals surface area (Å²) >= 11 is 0. The lowest BCUT2D eigenvalue weighted by molar-refractivity contribution is -0.0646. The van der Waals surface area contributed by atoms with Gasteiger partial charge in [0.15, 0.2) is 0 Å².